The molecular weight excluding hydrogens is 320 g/mol. The van der Waals surface area contributed by atoms with Gasteiger partial charge < -0.3 is 15.4 Å². The SMILES string of the molecule is COc1ccc(N(Cc2cccs2)C(=O)C(C)CN)cc1.Cl. The number of nitrogens with two attached hydrogens (primary N) is 1. The maximum Gasteiger partial charge on any atom is 0.231 e. The lowest BCUT2D eigenvalue weighted by atomic mass is 10.1. The number of benzene rings is 1. The average Bonchev–Trinajstić information content (AvgIpc) is 3.04. The Balaban J connectivity index is 0.00000242. The molecule has 1 atom stereocenters. The van der Waals surface area contributed by atoms with Crippen LogP contribution >= 0.6 is 23.7 Å². The zero-order valence-electron chi connectivity index (χ0n) is 12.7. The van der Waals surface area contributed by atoms with E-state index >= 15 is 0 Å². The summed E-state index contributed by atoms with van der Waals surface area (Å²) in [5, 5.41) is 2.01. The van der Waals surface area contributed by atoms with Crippen LogP contribution in [0.5, 0.6) is 5.75 Å². The first-order chi connectivity index (χ1) is 10.2. The van der Waals surface area contributed by atoms with Crippen LogP contribution < -0.4 is 15.4 Å². The van der Waals surface area contributed by atoms with Gasteiger partial charge >= 0.3 is 0 Å². The lowest BCUT2D eigenvalue weighted by Crippen LogP contribution is -2.37. The number of thiophene rings is 1. The van der Waals surface area contributed by atoms with E-state index in [4.69, 9.17) is 10.5 Å². The molecule has 1 unspecified atom stereocenters. The molecular formula is C16H21ClN2O2S. The molecule has 0 aliphatic heterocycles. The normalized spacial score (nSPS) is 11.4. The molecule has 1 aromatic heterocycles. The molecule has 0 spiro atoms. The molecule has 1 heterocycles. The van der Waals surface area contributed by atoms with Crippen molar-refractivity contribution in [1.82, 2.24) is 0 Å². The van der Waals surface area contributed by atoms with Crippen LogP contribution in [0.1, 0.15) is 11.8 Å². The fourth-order valence-electron chi connectivity index (χ4n) is 1.98. The second-order valence-electron chi connectivity index (χ2n) is 4.84. The van der Waals surface area contributed by atoms with Crippen molar-refractivity contribution < 1.29 is 9.53 Å². The van der Waals surface area contributed by atoms with Gasteiger partial charge in [-0.3, -0.25) is 4.79 Å². The lowest BCUT2D eigenvalue weighted by Gasteiger charge is -2.25. The Morgan fingerprint density at radius 3 is 2.50 bits per heavy atom. The van der Waals surface area contributed by atoms with E-state index in [0.717, 1.165) is 16.3 Å². The number of halogens is 1. The highest BCUT2D eigenvalue weighted by Crippen LogP contribution is 2.24. The number of anilines is 1. The van der Waals surface area contributed by atoms with Gasteiger partial charge in [-0.05, 0) is 35.7 Å². The molecule has 0 bridgehead atoms. The molecule has 0 radical (unpaired) electrons. The highest BCUT2D eigenvalue weighted by Gasteiger charge is 2.21. The van der Waals surface area contributed by atoms with Crippen LogP contribution in [0, 0.1) is 5.92 Å². The second-order valence-corrected chi connectivity index (χ2v) is 5.87. The van der Waals surface area contributed by atoms with Gasteiger partial charge in [-0.15, -0.1) is 23.7 Å². The highest BCUT2D eigenvalue weighted by molar-refractivity contribution is 7.09. The van der Waals surface area contributed by atoms with Gasteiger partial charge in [-0.2, -0.15) is 0 Å². The first kappa shape index (κ1) is 18.5. The molecule has 2 N–H and O–H groups in total. The molecule has 0 saturated heterocycles. The number of carbonyl (C=O) groups excluding carboxylic acids is 1. The third kappa shape index (κ3) is 4.47. The van der Waals surface area contributed by atoms with E-state index in [0.29, 0.717) is 13.1 Å². The quantitative estimate of drug-likeness (QED) is 0.877. The molecule has 1 amide bonds. The van der Waals surface area contributed by atoms with E-state index in [1.165, 1.54) is 0 Å². The third-order valence-electron chi connectivity index (χ3n) is 3.32. The maximum atomic E-state index is 12.6. The molecule has 22 heavy (non-hydrogen) atoms. The molecule has 0 aliphatic rings. The predicted molar refractivity (Wildman–Crippen MR) is 94.0 cm³/mol. The van der Waals surface area contributed by atoms with E-state index in [1.54, 1.807) is 23.3 Å². The van der Waals surface area contributed by atoms with Crippen molar-refractivity contribution in [3.63, 3.8) is 0 Å². The fraction of sp³-hybridized carbons (Fsp3) is 0.312. The summed E-state index contributed by atoms with van der Waals surface area (Å²) in [7, 11) is 1.63. The molecule has 0 aliphatic carbocycles. The van der Waals surface area contributed by atoms with Gasteiger partial charge in [0.15, 0.2) is 0 Å². The Morgan fingerprint density at radius 2 is 2.00 bits per heavy atom. The maximum absolute atomic E-state index is 12.6. The van der Waals surface area contributed by atoms with Crippen LogP contribution in [-0.4, -0.2) is 19.6 Å². The van der Waals surface area contributed by atoms with Crippen molar-refractivity contribution in [2.24, 2.45) is 11.7 Å². The summed E-state index contributed by atoms with van der Waals surface area (Å²) in [6.07, 6.45) is 0. The van der Waals surface area contributed by atoms with Crippen molar-refractivity contribution in [2.75, 3.05) is 18.6 Å². The number of amides is 1. The fourth-order valence-corrected chi connectivity index (χ4v) is 2.68. The minimum atomic E-state index is -0.202. The molecule has 120 valence electrons. The Bertz CT molecular complexity index is 572. The highest BCUT2D eigenvalue weighted by atomic mass is 35.5. The van der Waals surface area contributed by atoms with Gasteiger partial charge in [0.1, 0.15) is 5.75 Å². The molecule has 2 aromatic rings. The number of hydrogen-bond donors (Lipinski definition) is 1. The van der Waals surface area contributed by atoms with E-state index < -0.39 is 0 Å². The van der Waals surface area contributed by atoms with Crippen LogP contribution in [0.2, 0.25) is 0 Å². The largest absolute Gasteiger partial charge is 0.497 e. The van der Waals surface area contributed by atoms with Gasteiger partial charge in [-0.1, -0.05) is 13.0 Å². The summed E-state index contributed by atoms with van der Waals surface area (Å²) in [5.41, 5.74) is 6.50. The van der Waals surface area contributed by atoms with Gasteiger partial charge in [0, 0.05) is 23.0 Å². The van der Waals surface area contributed by atoms with Gasteiger partial charge in [0.2, 0.25) is 5.91 Å². The summed E-state index contributed by atoms with van der Waals surface area (Å²) in [4.78, 5) is 15.5. The third-order valence-corrected chi connectivity index (χ3v) is 4.18. The number of ether oxygens (including phenoxy) is 1. The standard InChI is InChI=1S/C16H20N2O2S.ClH/c1-12(10-17)16(19)18(11-15-4-3-9-21-15)13-5-7-14(20-2)8-6-13;/h3-9,12H,10-11,17H2,1-2H3;1H. The zero-order valence-corrected chi connectivity index (χ0v) is 14.3. The van der Waals surface area contributed by atoms with Crippen LogP contribution in [0.4, 0.5) is 5.69 Å². The summed E-state index contributed by atoms with van der Waals surface area (Å²) in [6.45, 7) is 2.76. The van der Waals surface area contributed by atoms with Crippen molar-refractivity contribution in [3.8, 4) is 5.75 Å². The summed E-state index contributed by atoms with van der Waals surface area (Å²) in [5.74, 6) is 0.609. The van der Waals surface area contributed by atoms with Crippen LogP contribution in [0.15, 0.2) is 41.8 Å². The average molecular weight is 341 g/mol. The topological polar surface area (TPSA) is 55.6 Å². The molecule has 0 saturated carbocycles. The number of methoxy groups -OCH3 is 1. The van der Waals surface area contributed by atoms with Crippen LogP contribution in [0.3, 0.4) is 0 Å². The minimum absolute atomic E-state index is 0. The van der Waals surface area contributed by atoms with E-state index in [2.05, 4.69) is 0 Å². The molecule has 1 aromatic carbocycles. The van der Waals surface area contributed by atoms with Crippen molar-refractivity contribution >= 4 is 35.3 Å². The Hall–Kier alpha value is -1.56. The van der Waals surface area contributed by atoms with Gasteiger partial charge in [0.05, 0.1) is 13.7 Å². The minimum Gasteiger partial charge on any atom is -0.497 e. The first-order valence-corrected chi connectivity index (χ1v) is 7.71. The molecule has 4 nitrogen and oxygen atoms in total. The lowest BCUT2D eigenvalue weighted by molar-refractivity contribution is -0.121. The molecule has 6 heteroatoms. The van der Waals surface area contributed by atoms with Crippen LogP contribution in [-0.2, 0) is 11.3 Å². The van der Waals surface area contributed by atoms with Gasteiger partial charge in [0.25, 0.3) is 0 Å². The number of carbonyl (C=O) groups is 1. The van der Waals surface area contributed by atoms with Crippen LogP contribution in [0.25, 0.3) is 0 Å². The first-order valence-electron chi connectivity index (χ1n) is 6.83. The van der Waals surface area contributed by atoms with Gasteiger partial charge in [-0.25, -0.2) is 0 Å². The predicted octanol–water partition coefficient (Wildman–Crippen LogP) is 3.31. The monoisotopic (exact) mass is 340 g/mol. The summed E-state index contributed by atoms with van der Waals surface area (Å²) < 4.78 is 5.16. The number of hydrogen-bond acceptors (Lipinski definition) is 4. The van der Waals surface area contributed by atoms with E-state index in [9.17, 15) is 4.79 Å². The number of rotatable bonds is 6. The Kier molecular flexibility index (Phi) is 7.38. The van der Waals surface area contributed by atoms with Crippen molar-refractivity contribution in [2.45, 2.75) is 13.5 Å². The van der Waals surface area contributed by atoms with E-state index in [-0.39, 0.29) is 24.2 Å². The van der Waals surface area contributed by atoms with Crippen molar-refractivity contribution in [1.29, 1.82) is 0 Å². The molecule has 2 rings (SSSR count). The smallest absolute Gasteiger partial charge is 0.231 e. The second kappa shape index (κ2) is 8.78. The summed E-state index contributed by atoms with van der Waals surface area (Å²) >= 11 is 1.64. The number of nitrogens with zero attached hydrogens (tertiary/aromatic N) is 1. The van der Waals surface area contributed by atoms with Crippen molar-refractivity contribution in [3.05, 3.63) is 46.7 Å². The Morgan fingerprint density at radius 1 is 1.32 bits per heavy atom. The summed E-state index contributed by atoms with van der Waals surface area (Å²) in [6, 6.07) is 11.5. The molecule has 0 fully saturated rings. The Labute approximate surface area is 141 Å². The van der Waals surface area contributed by atoms with E-state index in [1.807, 2.05) is 48.7 Å². The zero-order chi connectivity index (χ0) is 15.2.